The minimum Gasteiger partial charge on any atom is -0.353 e. The predicted octanol–water partition coefficient (Wildman–Crippen LogP) is 5.95. The van der Waals surface area contributed by atoms with E-state index in [1.54, 1.807) is 11.8 Å². The summed E-state index contributed by atoms with van der Waals surface area (Å²) in [6.07, 6.45) is 8.56. The van der Waals surface area contributed by atoms with E-state index < -0.39 is 0 Å². The molecular weight excluding hydrogens is 416 g/mol. The normalized spacial score (nSPS) is 14.4. The van der Waals surface area contributed by atoms with Gasteiger partial charge in [-0.3, -0.25) is 9.36 Å². The molecule has 1 amide bonds. The number of thioether (sulfide) groups is 1. The van der Waals surface area contributed by atoms with Crippen LogP contribution in [-0.4, -0.2) is 32.5 Å². The van der Waals surface area contributed by atoms with E-state index in [-0.39, 0.29) is 5.91 Å². The molecule has 168 valence electrons. The maximum Gasteiger partial charge on any atom is 0.220 e. The smallest absolute Gasteiger partial charge is 0.220 e. The fraction of sp³-hybridized carbons (Fsp3) is 0.423. The van der Waals surface area contributed by atoms with E-state index in [2.05, 4.69) is 63.4 Å². The Morgan fingerprint density at radius 1 is 1.00 bits per heavy atom. The maximum absolute atomic E-state index is 12.2. The zero-order valence-corrected chi connectivity index (χ0v) is 19.6. The molecule has 6 heteroatoms. The minimum absolute atomic E-state index is 0.205. The van der Waals surface area contributed by atoms with Gasteiger partial charge in [-0.15, -0.1) is 10.2 Å². The summed E-state index contributed by atoms with van der Waals surface area (Å²) in [5.74, 6) is 1.97. The summed E-state index contributed by atoms with van der Waals surface area (Å²) in [6.45, 7) is 2.09. The summed E-state index contributed by atoms with van der Waals surface area (Å²) in [5, 5.41) is 13.1. The van der Waals surface area contributed by atoms with E-state index in [0.29, 0.717) is 12.5 Å². The molecule has 0 bridgehead atoms. The second kappa shape index (κ2) is 11.3. The monoisotopic (exact) mass is 448 g/mol. The van der Waals surface area contributed by atoms with Gasteiger partial charge < -0.3 is 5.32 Å². The summed E-state index contributed by atoms with van der Waals surface area (Å²) in [5.41, 5.74) is 3.34. The van der Waals surface area contributed by atoms with Crippen molar-refractivity contribution in [2.24, 2.45) is 0 Å². The Labute approximate surface area is 195 Å². The molecule has 0 atom stereocenters. The Morgan fingerprint density at radius 3 is 2.50 bits per heavy atom. The molecule has 1 heterocycles. The van der Waals surface area contributed by atoms with Gasteiger partial charge in [-0.25, -0.2) is 0 Å². The van der Waals surface area contributed by atoms with Crippen molar-refractivity contribution in [3.8, 4) is 17.1 Å². The molecule has 3 aromatic rings. The van der Waals surface area contributed by atoms with Crippen molar-refractivity contribution in [2.45, 2.75) is 69.5 Å². The largest absolute Gasteiger partial charge is 0.353 e. The third-order valence-electron chi connectivity index (χ3n) is 5.96. The average Bonchev–Trinajstić information content (AvgIpc) is 3.24. The summed E-state index contributed by atoms with van der Waals surface area (Å²) < 4.78 is 2.13. The molecule has 1 aromatic heterocycles. The van der Waals surface area contributed by atoms with Gasteiger partial charge in [0.1, 0.15) is 0 Å². The second-order valence-electron chi connectivity index (χ2n) is 8.55. The van der Waals surface area contributed by atoms with Gasteiger partial charge >= 0.3 is 0 Å². The minimum atomic E-state index is 0.205. The molecular formula is C26H32N4OS. The molecule has 4 rings (SSSR count). The van der Waals surface area contributed by atoms with E-state index in [1.807, 2.05) is 18.2 Å². The highest BCUT2D eigenvalue weighted by atomic mass is 32.2. The van der Waals surface area contributed by atoms with E-state index in [1.165, 1.54) is 24.8 Å². The Hall–Kier alpha value is -2.60. The standard InChI is InChI=1S/C26H32N4OS/c1-20-15-17-21(18-16-20)25-28-29-26(30(25)23-12-6-3-7-13-23)32-19-9-8-14-24(31)27-22-10-4-2-5-11-22/h3,6-7,12-13,15-18,22H,2,4-5,8-11,14,19H2,1H3,(H,27,31). The van der Waals surface area contributed by atoms with Crippen LogP contribution in [0.3, 0.4) is 0 Å². The third kappa shape index (κ3) is 6.00. The van der Waals surface area contributed by atoms with Gasteiger partial charge in [-0.05, 0) is 44.7 Å². The topological polar surface area (TPSA) is 59.8 Å². The molecule has 2 aromatic carbocycles. The van der Waals surface area contributed by atoms with Crippen molar-refractivity contribution in [1.29, 1.82) is 0 Å². The number of nitrogens with zero attached hydrogens (tertiary/aromatic N) is 3. The molecule has 5 nitrogen and oxygen atoms in total. The fourth-order valence-corrected chi connectivity index (χ4v) is 5.11. The number of carbonyl (C=O) groups excluding carboxylic acids is 1. The van der Waals surface area contributed by atoms with Crippen LogP contribution >= 0.6 is 11.8 Å². The van der Waals surface area contributed by atoms with Crippen LogP contribution in [-0.2, 0) is 4.79 Å². The van der Waals surface area contributed by atoms with Crippen LogP contribution in [0.4, 0.5) is 0 Å². The summed E-state index contributed by atoms with van der Waals surface area (Å²) in [4.78, 5) is 12.2. The summed E-state index contributed by atoms with van der Waals surface area (Å²) >= 11 is 1.71. The SMILES string of the molecule is Cc1ccc(-c2nnc(SCCCCC(=O)NC3CCCCC3)n2-c2ccccc2)cc1. The van der Waals surface area contributed by atoms with Gasteiger partial charge in [0.2, 0.25) is 5.91 Å². The molecule has 0 unspecified atom stereocenters. The number of hydrogen-bond acceptors (Lipinski definition) is 4. The number of rotatable bonds is 9. The zero-order chi connectivity index (χ0) is 22.2. The van der Waals surface area contributed by atoms with Gasteiger partial charge in [0.15, 0.2) is 11.0 Å². The van der Waals surface area contributed by atoms with E-state index >= 15 is 0 Å². The molecule has 0 spiro atoms. The van der Waals surface area contributed by atoms with E-state index in [0.717, 1.165) is 53.7 Å². The number of unbranched alkanes of at least 4 members (excludes halogenated alkanes) is 1. The van der Waals surface area contributed by atoms with Gasteiger partial charge in [-0.2, -0.15) is 0 Å². The summed E-state index contributed by atoms with van der Waals surface area (Å²) in [7, 11) is 0. The predicted molar refractivity (Wildman–Crippen MR) is 131 cm³/mol. The van der Waals surface area contributed by atoms with Crippen molar-refractivity contribution in [3.63, 3.8) is 0 Å². The number of amides is 1. The van der Waals surface area contributed by atoms with E-state index in [4.69, 9.17) is 0 Å². The van der Waals surface area contributed by atoms with Crippen LogP contribution in [0.25, 0.3) is 17.1 Å². The van der Waals surface area contributed by atoms with Crippen LogP contribution in [0.15, 0.2) is 59.8 Å². The number of para-hydroxylation sites is 1. The van der Waals surface area contributed by atoms with Gasteiger partial charge in [-0.1, -0.05) is 79.1 Å². The Bertz CT molecular complexity index is 994. The average molecular weight is 449 g/mol. The Kier molecular flexibility index (Phi) is 7.99. The fourth-order valence-electron chi connectivity index (χ4n) is 4.16. The van der Waals surface area contributed by atoms with Gasteiger partial charge in [0.05, 0.1) is 0 Å². The molecule has 0 aliphatic heterocycles. The van der Waals surface area contributed by atoms with E-state index in [9.17, 15) is 4.79 Å². The first-order valence-corrected chi connectivity index (χ1v) is 12.7. The zero-order valence-electron chi connectivity index (χ0n) is 18.8. The second-order valence-corrected chi connectivity index (χ2v) is 9.61. The molecule has 1 aliphatic rings. The third-order valence-corrected chi connectivity index (χ3v) is 6.97. The van der Waals surface area contributed by atoms with Crippen molar-refractivity contribution >= 4 is 17.7 Å². The van der Waals surface area contributed by atoms with Crippen LogP contribution < -0.4 is 5.32 Å². The first-order valence-electron chi connectivity index (χ1n) is 11.7. The number of nitrogens with one attached hydrogen (secondary N) is 1. The molecule has 1 saturated carbocycles. The van der Waals surface area contributed by atoms with Crippen LogP contribution in [0.5, 0.6) is 0 Å². The lowest BCUT2D eigenvalue weighted by Crippen LogP contribution is -2.35. The summed E-state index contributed by atoms with van der Waals surface area (Å²) in [6, 6.07) is 19.0. The molecule has 1 N–H and O–H groups in total. The van der Waals surface area contributed by atoms with Gasteiger partial charge in [0.25, 0.3) is 0 Å². The molecule has 0 radical (unpaired) electrons. The number of carbonyl (C=O) groups is 1. The first-order chi connectivity index (χ1) is 15.7. The van der Waals surface area contributed by atoms with Crippen molar-refractivity contribution in [3.05, 3.63) is 60.2 Å². The molecule has 32 heavy (non-hydrogen) atoms. The van der Waals surface area contributed by atoms with Crippen molar-refractivity contribution in [2.75, 3.05) is 5.75 Å². The molecule has 1 aliphatic carbocycles. The maximum atomic E-state index is 12.2. The van der Waals surface area contributed by atoms with Crippen LogP contribution in [0, 0.1) is 6.92 Å². The van der Waals surface area contributed by atoms with Crippen LogP contribution in [0.1, 0.15) is 56.9 Å². The highest BCUT2D eigenvalue weighted by Gasteiger charge is 2.17. The first kappa shape index (κ1) is 22.6. The highest BCUT2D eigenvalue weighted by molar-refractivity contribution is 7.99. The number of hydrogen-bond donors (Lipinski definition) is 1. The molecule has 0 saturated heterocycles. The lowest BCUT2D eigenvalue weighted by molar-refractivity contribution is -0.122. The Morgan fingerprint density at radius 2 is 1.75 bits per heavy atom. The highest BCUT2D eigenvalue weighted by Crippen LogP contribution is 2.28. The van der Waals surface area contributed by atoms with Gasteiger partial charge in [0, 0.05) is 29.5 Å². The van der Waals surface area contributed by atoms with Crippen molar-refractivity contribution in [1.82, 2.24) is 20.1 Å². The lowest BCUT2D eigenvalue weighted by Gasteiger charge is -2.22. The van der Waals surface area contributed by atoms with Crippen LogP contribution in [0.2, 0.25) is 0 Å². The number of aromatic nitrogens is 3. The number of benzene rings is 2. The molecule has 1 fully saturated rings. The van der Waals surface area contributed by atoms with Crippen molar-refractivity contribution < 1.29 is 4.79 Å². The number of aryl methyl sites for hydroxylation is 1. The quantitative estimate of drug-likeness (QED) is 0.324. The Balaban J connectivity index is 1.35. The lowest BCUT2D eigenvalue weighted by atomic mass is 9.95.